The van der Waals surface area contributed by atoms with Crippen molar-refractivity contribution in [2.75, 3.05) is 20.2 Å². The second-order valence-corrected chi connectivity index (χ2v) is 4.09. The van der Waals surface area contributed by atoms with Crippen molar-refractivity contribution in [2.45, 2.75) is 12.8 Å². The first-order valence-corrected chi connectivity index (χ1v) is 5.81. The summed E-state index contributed by atoms with van der Waals surface area (Å²) in [6.07, 6.45) is 2.39. The number of rotatable bonds is 2. The van der Waals surface area contributed by atoms with Crippen LogP contribution in [0.5, 0.6) is 11.5 Å². The van der Waals surface area contributed by atoms with Crippen LogP contribution in [-0.4, -0.2) is 30.3 Å². The fourth-order valence-corrected chi connectivity index (χ4v) is 2.01. The second-order valence-electron chi connectivity index (χ2n) is 3.74. The van der Waals surface area contributed by atoms with Crippen molar-refractivity contribution in [3.63, 3.8) is 0 Å². The molecule has 1 aromatic rings. The van der Waals surface area contributed by atoms with Crippen molar-refractivity contribution in [1.82, 2.24) is 4.90 Å². The Hall–Kier alpha value is -1.29. The zero-order chi connectivity index (χ0) is 11.4. The Kier molecular flexibility index (Phi) is 3.62. The van der Waals surface area contributed by atoms with E-state index < -0.39 is 0 Å². The van der Waals surface area contributed by atoms with E-state index in [1.807, 2.05) is 24.3 Å². The fraction of sp³-hybridized carbons (Fsp3) is 0.417. The minimum atomic E-state index is 0.561. The lowest BCUT2D eigenvalue weighted by Crippen LogP contribution is -2.30. The van der Waals surface area contributed by atoms with E-state index in [-0.39, 0.29) is 0 Å². The molecule has 0 N–H and O–H groups in total. The molecule has 1 aliphatic heterocycles. The van der Waals surface area contributed by atoms with Gasteiger partial charge in [0.1, 0.15) is 11.5 Å². The molecule has 16 heavy (non-hydrogen) atoms. The van der Waals surface area contributed by atoms with Crippen molar-refractivity contribution in [3.8, 4) is 11.5 Å². The quantitative estimate of drug-likeness (QED) is 0.736. The molecule has 0 atom stereocenters. The highest BCUT2D eigenvalue weighted by Gasteiger charge is 2.16. The van der Waals surface area contributed by atoms with Gasteiger partial charge in [0.05, 0.1) is 7.11 Å². The maximum Gasteiger partial charge on any atom is 0.264 e. The van der Waals surface area contributed by atoms with Gasteiger partial charge < -0.3 is 14.4 Å². The third-order valence-electron chi connectivity index (χ3n) is 2.61. The van der Waals surface area contributed by atoms with Crippen LogP contribution in [0.15, 0.2) is 24.3 Å². The number of nitrogens with zero attached hydrogens (tertiary/aromatic N) is 1. The highest BCUT2D eigenvalue weighted by molar-refractivity contribution is 7.80. The zero-order valence-electron chi connectivity index (χ0n) is 9.31. The van der Waals surface area contributed by atoms with Gasteiger partial charge in [-0.3, -0.25) is 0 Å². The van der Waals surface area contributed by atoms with E-state index in [4.69, 9.17) is 21.7 Å². The maximum atomic E-state index is 5.62. The van der Waals surface area contributed by atoms with Gasteiger partial charge in [0, 0.05) is 19.2 Å². The lowest BCUT2D eigenvalue weighted by Gasteiger charge is -2.18. The fourth-order valence-electron chi connectivity index (χ4n) is 1.73. The summed E-state index contributed by atoms with van der Waals surface area (Å²) < 4.78 is 10.7. The molecule has 4 heteroatoms. The van der Waals surface area contributed by atoms with Gasteiger partial charge in [-0.05, 0) is 37.2 Å². The van der Waals surface area contributed by atoms with Crippen LogP contribution in [0, 0.1) is 0 Å². The van der Waals surface area contributed by atoms with Crippen LogP contribution >= 0.6 is 12.2 Å². The molecule has 0 unspecified atom stereocenters. The minimum absolute atomic E-state index is 0.561. The summed E-state index contributed by atoms with van der Waals surface area (Å²) in [7, 11) is 1.64. The molecule has 2 rings (SSSR count). The van der Waals surface area contributed by atoms with Crippen LogP contribution in [0.25, 0.3) is 0 Å². The molecule has 0 spiro atoms. The van der Waals surface area contributed by atoms with Crippen LogP contribution in [0.2, 0.25) is 0 Å². The molecule has 1 saturated heterocycles. The number of ether oxygens (including phenoxy) is 2. The molecular formula is C12H15NO2S. The normalized spacial score (nSPS) is 14.9. The zero-order valence-corrected chi connectivity index (χ0v) is 10.1. The number of benzene rings is 1. The first kappa shape index (κ1) is 11.2. The number of likely N-dealkylation sites (tertiary alicyclic amines) is 1. The van der Waals surface area contributed by atoms with E-state index in [9.17, 15) is 0 Å². The Labute approximate surface area is 101 Å². The van der Waals surface area contributed by atoms with E-state index >= 15 is 0 Å². The van der Waals surface area contributed by atoms with E-state index in [1.165, 1.54) is 12.8 Å². The molecule has 0 amide bonds. The molecule has 3 nitrogen and oxygen atoms in total. The van der Waals surface area contributed by atoms with Crippen molar-refractivity contribution >= 4 is 17.4 Å². The van der Waals surface area contributed by atoms with Gasteiger partial charge in [-0.25, -0.2) is 0 Å². The van der Waals surface area contributed by atoms with Gasteiger partial charge in [-0.1, -0.05) is 6.07 Å². The van der Waals surface area contributed by atoms with Gasteiger partial charge in [0.15, 0.2) is 0 Å². The van der Waals surface area contributed by atoms with Crippen LogP contribution < -0.4 is 9.47 Å². The standard InChI is InChI=1S/C12H15NO2S/c1-14-10-5-4-6-11(9-10)15-12(16)13-7-2-3-8-13/h4-6,9H,2-3,7-8H2,1H3. The summed E-state index contributed by atoms with van der Waals surface area (Å²) in [5, 5.41) is 0.561. The van der Waals surface area contributed by atoms with Crippen LogP contribution in [0.3, 0.4) is 0 Å². The van der Waals surface area contributed by atoms with Gasteiger partial charge in [0.25, 0.3) is 5.17 Å². The molecule has 0 aliphatic carbocycles. The van der Waals surface area contributed by atoms with Crippen molar-refractivity contribution in [3.05, 3.63) is 24.3 Å². The summed E-state index contributed by atoms with van der Waals surface area (Å²) in [6, 6.07) is 7.49. The Morgan fingerprint density at radius 1 is 1.25 bits per heavy atom. The number of thiocarbonyl (C=S) groups is 1. The summed E-state index contributed by atoms with van der Waals surface area (Å²) in [4.78, 5) is 2.09. The van der Waals surface area contributed by atoms with E-state index in [2.05, 4.69) is 4.90 Å². The Balaban J connectivity index is 1.99. The Morgan fingerprint density at radius 2 is 1.94 bits per heavy atom. The van der Waals surface area contributed by atoms with Gasteiger partial charge in [0.2, 0.25) is 0 Å². The average molecular weight is 237 g/mol. The number of hydrogen-bond donors (Lipinski definition) is 0. The van der Waals surface area contributed by atoms with Gasteiger partial charge in [-0.2, -0.15) is 0 Å². The van der Waals surface area contributed by atoms with E-state index in [1.54, 1.807) is 7.11 Å². The lowest BCUT2D eigenvalue weighted by atomic mass is 10.3. The molecule has 86 valence electrons. The highest BCUT2D eigenvalue weighted by atomic mass is 32.1. The largest absolute Gasteiger partial charge is 0.497 e. The molecule has 1 aliphatic rings. The molecule has 0 saturated carbocycles. The van der Waals surface area contributed by atoms with Crippen LogP contribution in [0.1, 0.15) is 12.8 Å². The predicted octanol–water partition coefficient (Wildman–Crippen LogP) is 2.45. The highest BCUT2D eigenvalue weighted by Crippen LogP contribution is 2.20. The molecule has 1 heterocycles. The first-order valence-electron chi connectivity index (χ1n) is 5.40. The smallest absolute Gasteiger partial charge is 0.264 e. The Bertz CT molecular complexity index is 375. The SMILES string of the molecule is COc1cccc(OC(=S)N2CCCC2)c1. The molecule has 0 radical (unpaired) electrons. The van der Waals surface area contributed by atoms with Crippen molar-refractivity contribution < 1.29 is 9.47 Å². The first-order chi connectivity index (χ1) is 7.79. The monoisotopic (exact) mass is 237 g/mol. The van der Waals surface area contributed by atoms with Crippen molar-refractivity contribution in [1.29, 1.82) is 0 Å². The third-order valence-corrected chi connectivity index (χ3v) is 2.95. The lowest BCUT2D eigenvalue weighted by molar-refractivity contribution is 0.396. The summed E-state index contributed by atoms with van der Waals surface area (Å²) in [5.41, 5.74) is 0. The van der Waals surface area contributed by atoms with E-state index in [0.29, 0.717) is 5.17 Å². The number of hydrogen-bond acceptors (Lipinski definition) is 3. The number of methoxy groups -OCH3 is 1. The van der Waals surface area contributed by atoms with Crippen LogP contribution in [-0.2, 0) is 0 Å². The van der Waals surface area contributed by atoms with Crippen molar-refractivity contribution in [2.24, 2.45) is 0 Å². The average Bonchev–Trinajstić information content (AvgIpc) is 2.83. The molecule has 0 bridgehead atoms. The summed E-state index contributed by atoms with van der Waals surface area (Å²) in [6.45, 7) is 2.01. The van der Waals surface area contributed by atoms with Gasteiger partial charge in [-0.15, -0.1) is 0 Å². The molecule has 1 fully saturated rings. The topological polar surface area (TPSA) is 21.7 Å². The second kappa shape index (κ2) is 5.16. The maximum absolute atomic E-state index is 5.62. The molecule has 1 aromatic carbocycles. The van der Waals surface area contributed by atoms with Gasteiger partial charge >= 0.3 is 0 Å². The molecule has 0 aromatic heterocycles. The van der Waals surface area contributed by atoms with Crippen LogP contribution in [0.4, 0.5) is 0 Å². The Morgan fingerprint density at radius 3 is 2.62 bits per heavy atom. The third kappa shape index (κ3) is 2.64. The van der Waals surface area contributed by atoms with E-state index in [0.717, 1.165) is 24.6 Å². The molecular weight excluding hydrogens is 222 g/mol. The summed E-state index contributed by atoms with van der Waals surface area (Å²) in [5.74, 6) is 1.51. The summed E-state index contributed by atoms with van der Waals surface area (Å²) >= 11 is 5.24. The predicted molar refractivity (Wildman–Crippen MR) is 67.0 cm³/mol. The minimum Gasteiger partial charge on any atom is -0.497 e.